The van der Waals surface area contributed by atoms with E-state index >= 15 is 0 Å². The number of unbranched alkanes of at least 4 members (excludes halogenated alkanes) is 1. The molecule has 4 nitrogen and oxygen atoms in total. The molecule has 0 fully saturated rings. The quantitative estimate of drug-likeness (QED) is 0.662. The van der Waals surface area contributed by atoms with Crippen molar-refractivity contribution in [3.05, 3.63) is 18.0 Å². The summed E-state index contributed by atoms with van der Waals surface area (Å²) in [6.07, 6.45) is 4.85. The second-order valence-electron chi connectivity index (χ2n) is 4.13. The highest BCUT2D eigenvalue weighted by molar-refractivity contribution is 5.01. The van der Waals surface area contributed by atoms with E-state index in [4.69, 9.17) is 5.11 Å². The van der Waals surface area contributed by atoms with Crippen molar-refractivity contribution in [2.45, 2.75) is 45.7 Å². The molecule has 0 aliphatic rings. The van der Waals surface area contributed by atoms with E-state index in [1.54, 1.807) is 0 Å². The first-order chi connectivity index (χ1) is 7.79. The lowest BCUT2D eigenvalue weighted by molar-refractivity contribution is 0.283. The normalized spacial score (nSPS) is 12.9. The van der Waals surface area contributed by atoms with Crippen molar-refractivity contribution in [2.75, 3.05) is 13.2 Å². The van der Waals surface area contributed by atoms with E-state index in [0.29, 0.717) is 6.04 Å². The Bertz CT molecular complexity index is 286. The van der Waals surface area contributed by atoms with Crippen molar-refractivity contribution in [3.8, 4) is 0 Å². The summed E-state index contributed by atoms with van der Waals surface area (Å²) in [4.78, 5) is 0. The first-order valence-corrected chi connectivity index (χ1v) is 6.13. The van der Waals surface area contributed by atoms with Gasteiger partial charge in [0, 0.05) is 25.4 Å². The highest BCUT2D eigenvalue weighted by atomic mass is 16.2. The highest BCUT2D eigenvalue weighted by Gasteiger charge is 2.07. The van der Waals surface area contributed by atoms with Gasteiger partial charge in [-0.25, -0.2) is 0 Å². The minimum Gasteiger partial charge on any atom is -0.396 e. The zero-order valence-corrected chi connectivity index (χ0v) is 10.3. The third-order valence-corrected chi connectivity index (χ3v) is 2.83. The lowest BCUT2D eigenvalue weighted by Gasteiger charge is -2.14. The molecule has 0 radical (unpaired) electrons. The van der Waals surface area contributed by atoms with Crippen LogP contribution in [0.3, 0.4) is 0 Å². The number of nitrogens with zero attached hydrogens (tertiary/aromatic N) is 2. The fourth-order valence-corrected chi connectivity index (χ4v) is 1.63. The van der Waals surface area contributed by atoms with Crippen molar-refractivity contribution in [1.82, 2.24) is 15.1 Å². The molecule has 1 aromatic rings. The van der Waals surface area contributed by atoms with Crippen LogP contribution in [-0.2, 0) is 6.54 Å². The lowest BCUT2D eigenvalue weighted by atomic mass is 10.2. The molecule has 1 aromatic heterocycles. The van der Waals surface area contributed by atoms with Gasteiger partial charge >= 0.3 is 0 Å². The van der Waals surface area contributed by atoms with Crippen molar-refractivity contribution in [2.24, 2.45) is 0 Å². The SMILES string of the molecule is CC[C@@H](C)n1nccc1CNCCCCO. The first-order valence-electron chi connectivity index (χ1n) is 6.13. The summed E-state index contributed by atoms with van der Waals surface area (Å²) in [5.74, 6) is 0. The molecule has 1 atom stereocenters. The Morgan fingerprint density at radius 1 is 1.50 bits per heavy atom. The van der Waals surface area contributed by atoms with Crippen molar-refractivity contribution >= 4 is 0 Å². The van der Waals surface area contributed by atoms with Crippen molar-refractivity contribution in [1.29, 1.82) is 0 Å². The largest absolute Gasteiger partial charge is 0.396 e. The molecule has 0 saturated heterocycles. The predicted molar refractivity (Wildman–Crippen MR) is 65.3 cm³/mol. The Kier molecular flexibility index (Phi) is 6.11. The molecule has 0 aliphatic heterocycles. The fraction of sp³-hybridized carbons (Fsp3) is 0.750. The summed E-state index contributed by atoms with van der Waals surface area (Å²) in [5, 5.41) is 16.4. The number of hydrogen-bond donors (Lipinski definition) is 2. The van der Waals surface area contributed by atoms with E-state index in [2.05, 4.69) is 35.0 Å². The van der Waals surface area contributed by atoms with Crippen LogP contribution in [0.1, 0.15) is 44.8 Å². The Morgan fingerprint density at radius 3 is 3.00 bits per heavy atom. The van der Waals surface area contributed by atoms with Gasteiger partial charge in [-0.3, -0.25) is 4.68 Å². The monoisotopic (exact) mass is 225 g/mol. The maximum atomic E-state index is 8.66. The third-order valence-electron chi connectivity index (χ3n) is 2.83. The molecule has 92 valence electrons. The molecule has 0 unspecified atom stereocenters. The number of aromatic nitrogens is 2. The number of nitrogens with one attached hydrogen (secondary N) is 1. The topological polar surface area (TPSA) is 50.1 Å². The van der Waals surface area contributed by atoms with Gasteiger partial charge in [0.05, 0.1) is 5.69 Å². The van der Waals surface area contributed by atoms with Gasteiger partial charge in [0.25, 0.3) is 0 Å². The molecule has 1 heterocycles. The molecule has 2 N–H and O–H groups in total. The van der Waals surface area contributed by atoms with E-state index in [-0.39, 0.29) is 6.61 Å². The van der Waals surface area contributed by atoms with Crippen LogP contribution in [0.5, 0.6) is 0 Å². The smallest absolute Gasteiger partial charge is 0.0525 e. The molecule has 0 spiro atoms. The second kappa shape index (κ2) is 7.41. The van der Waals surface area contributed by atoms with Gasteiger partial charge in [-0.1, -0.05) is 6.92 Å². The van der Waals surface area contributed by atoms with Gasteiger partial charge < -0.3 is 10.4 Å². The van der Waals surface area contributed by atoms with E-state index in [0.717, 1.165) is 32.4 Å². The maximum Gasteiger partial charge on any atom is 0.0525 e. The highest BCUT2D eigenvalue weighted by Crippen LogP contribution is 2.11. The van der Waals surface area contributed by atoms with Crippen LogP contribution >= 0.6 is 0 Å². The van der Waals surface area contributed by atoms with E-state index < -0.39 is 0 Å². The number of hydrogen-bond acceptors (Lipinski definition) is 3. The molecular formula is C12H23N3O. The predicted octanol–water partition coefficient (Wildman–Crippen LogP) is 1.72. The summed E-state index contributed by atoms with van der Waals surface area (Å²) in [6, 6.07) is 2.52. The van der Waals surface area contributed by atoms with Crippen LogP contribution in [0.4, 0.5) is 0 Å². The Morgan fingerprint density at radius 2 is 2.31 bits per heavy atom. The summed E-state index contributed by atoms with van der Waals surface area (Å²) in [7, 11) is 0. The van der Waals surface area contributed by atoms with Gasteiger partial charge in [-0.15, -0.1) is 0 Å². The number of aliphatic hydroxyl groups excluding tert-OH is 1. The van der Waals surface area contributed by atoms with Crippen LogP contribution in [0.25, 0.3) is 0 Å². The summed E-state index contributed by atoms with van der Waals surface area (Å²) in [6.45, 7) is 6.45. The Balaban J connectivity index is 2.33. The maximum absolute atomic E-state index is 8.66. The molecule has 0 bridgehead atoms. The van der Waals surface area contributed by atoms with Gasteiger partial charge in [0.2, 0.25) is 0 Å². The van der Waals surface area contributed by atoms with Crippen LogP contribution in [0.15, 0.2) is 12.3 Å². The van der Waals surface area contributed by atoms with Crippen LogP contribution in [0.2, 0.25) is 0 Å². The lowest BCUT2D eigenvalue weighted by Crippen LogP contribution is -2.19. The van der Waals surface area contributed by atoms with Crippen LogP contribution in [0, 0.1) is 0 Å². The molecule has 0 aliphatic carbocycles. The van der Waals surface area contributed by atoms with Gasteiger partial charge in [0.1, 0.15) is 0 Å². The van der Waals surface area contributed by atoms with Gasteiger partial charge in [-0.05, 0) is 38.8 Å². The number of aliphatic hydroxyl groups is 1. The molecule has 0 saturated carbocycles. The van der Waals surface area contributed by atoms with Crippen molar-refractivity contribution in [3.63, 3.8) is 0 Å². The minimum atomic E-state index is 0.284. The molecular weight excluding hydrogens is 202 g/mol. The zero-order valence-electron chi connectivity index (χ0n) is 10.3. The average molecular weight is 225 g/mol. The van der Waals surface area contributed by atoms with Crippen LogP contribution in [-0.4, -0.2) is 28.0 Å². The van der Waals surface area contributed by atoms with E-state index in [1.165, 1.54) is 5.69 Å². The van der Waals surface area contributed by atoms with E-state index in [1.807, 2.05) is 6.20 Å². The molecule has 16 heavy (non-hydrogen) atoms. The molecule has 0 aromatic carbocycles. The summed E-state index contributed by atoms with van der Waals surface area (Å²) < 4.78 is 2.08. The second-order valence-corrected chi connectivity index (χ2v) is 4.13. The standard InChI is InChI=1S/C12H23N3O/c1-3-11(2)15-12(6-8-14-15)10-13-7-4-5-9-16/h6,8,11,13,16H,3-5,7,9-10H2,1-2H3/t11-/m1/s1. The molecule has 0 amide bonds. The Labute approximate surface area is 97.7 Å². The summed E-state index contributed by atoms with van der Waals surface area (Å²) >= 11 is 0. The van der Waals surface area contributed by atoms with E-state index in [9.17, 15) is 0 Å². The van der Waals surface area contributed by atoms with Crippen LogP contribution < -0.4 is 5.32 Å². The third kappa shape index (κ3) is 3.94. The molecule has 1 rings (SSSR count). The fourth-order valence-electron chi connectivity index (χ4n) is 1.63. The summed E-state index contributed by atoms with van der Waals surface area (Å²) in [5.41, 5.74) is 1.23. The van der Waals surface area contributed by atoms with Gasteiger partial charge in [-0.2, -0.15) is 5.10 Å². The average Bonchev–Trinajstić information content (AvgIpc) is 2.76. The molecule has 4 heteroatoms. The minimum absolute atomic E-state index is 0.284. The Hall–Kier alpha value is -0.870. The van der Waals surface area contributed by atoms with Crippen molar-refractivity contribution < 1.29 is 5.11 Å². The first kappa shape index (κ1) is 13.2. The number of rotatable bonds is 8. The van der Waals surface area contributed by atoms with Gasteiger partial charge in [0.15, 0.2) is 0 Å². The zero-order chi connectivity index (χ0) is 11.8.